The van der Waals surface area contributed by atoms with E-state index in [9.17, 15) is 9.59 Å². The van der Waals surface area contributed by atoms with Crippen LogP contribution in [-0.4, -0.2) is 18.5 Å². The summed E-state index contributed by atoms with van der Waals surface area (Å²) in [4.78, 5) is 23.6. The van der Waals surface area contributed by atoms with Gasteiger partial charge in [-0.05, 0) is 22.9 Å². The number of ether oxygens (including phenoxy) is 1. The van der Waals surface area contributed by atoms with E-state index in [2.05, 4.69) is 5.32 Å². The molecule has 22 heavy (non-hydrogen) atoms. The monoisotopic (exact) mass is 311 g/mol. The Labute approximate surface area is 131 Å². The van der Waals surface area contributed by atoms with Gasteiger partial charge in [0.1, 0.15) is 0 Å². The number of rotatable bonds is 4. The second kappa shape index (κ2) is 6.41. The lowest BCUT2D eigenvalue weighted by atomic mass is 10.1. The van der Waals surface area contributed by atoms with Gasteiger partial charge in [0.05, 0.1) is 5.56 Å². The zero-order chi connectivity index (χ0) is 15.4. The van der Waals surface area contributed by atoms with Crippen LogP contribution in [0, 0.1) is 0 Å². The van der Waals surface area contributed by atoms with Crippen molar-refractivity contribution in [2.45, 2.75) is 0 Å². The Morgan fingerprint density at radius 1 is 1.05 bits per heavy atom. The number of hydrogen-bond acceptors (Lipinski definition) is 4. The molecule has 0 unspecified atom stereocenters. The van der Waals surface area contributed by atoms with Crippen molar-refractivity contribution in [3.05, 3.63) is 64.9 Å². The number of benzene rings is 2. The van der Waals surface area contributed by atoms with E-state index < -0.39 is 5.97 Å². The van der Waals surface area contributed by atoms with Gasteiger partial charge in [-0.2, -0.15) is 11.3 Å². The van der Waals surface area contributed by atoms with Crippen LogP contribution in [0.1, 0.15) is 10.4 Å². The van der Waals surface area contributed by atoms with Crippen LogP contribution >= 0.6 is 11.3 Å². The van der Waals surface area contributed by atoms with Gasteiger partial charge >= 0.3 is 5.97 Å². The second-order valence-corrected chi connectivity index (χ2v) is 5.44. The minimum atomic E-state index is -0.491. The van der Waals surface area contributed by atoms with E-state index in [1.54, 1.807) is 16.8 Å². The Morgan fingerprint density at radius 2 is 1.86 bits per heavy atom. The van der Waals surface area contributed by atoms with Gasteiger partial charge < -0.3 is 10.1 Å². The molecule has 1 heterocycles. The van der Waals surface area contributed by atoms with Crippen LogP contribution in [0.15, 0.2) is 59.3 Å². The summed E-state index contributed by atoms with van der Waals surface area (Å²) in [6, 6.07) is 15.1. The maximum absolute atomic E-state index is 11.9. The van der Waals surface area contributed by atoms with E-state index in [4.69, 9.17) is 4.74 Å². The number of hydrogen-bond donors (Lipinski definition) is 1. The van der Waals surface area contributed by atoms with Crippen molar-refractivity contribution in [3.8, 4) is 0 Å². The molecule has 110 valence electrons. The standard InChI is InChI=1S/C17H13NO3S/c19-16(10-21-17(20)13-8-9-22-11-13)18-15-7-3-5-12-4-1-2-6-14(12)15/h1-9,11H,10H2,(H,18,19). The molecule has 0 aliphatic carbocycles. The number of esters is 1. The number of thiophene rings is 1. The van der Waals surface area contributed by atoms with Crippen molar-refractivity contribution in [1.29, 1.82) is 0 Å². The van der Waals surface area contributed by atoms with E-state index in [1.165, 1.54) is 11.3 Å². The molecule has 0 spiro atoms. The Morgan fingerprint density at radius 3 is 2.68 bits per heavy atom. The number of fused-ring (bicyclic) bond motifs is 1. The summed E-state index contributed by atoms with van der Waals surface area (Å²) in [7, 11) is 0. The molecule has 0 aliphatic heterocycles. The third kappa shape index (κ3) is 3.15. The Bertz CT molecular complexity index is 806. The van der Waals surface area contributed by atoms with Crippen LogP contribution in [0.5, 0.6) is 0 Å². The van der Waals surface area contributed by atoms with Gasteiger partial charge in [-0.1, -0.05) is 36.4 Å². The highest BCUT2D eigenvalue weighted by Crippen LogP contribution is 2.22. The molecule has 1 aromatic heterocycles. The van der Waals surface area contributed by atoms with E-state index in [0.29, 0.717) is 11.3 Å². The molecule has 0 aliphatic rings. The third-order valence-electron chi connectivity index (χ3n) is 3.15. The lowest BCUT2D eigenvalue weighted by Crippen LogP contribution is -2.20. The Hall–Kier alpha value is -2.66. The molecule has 0 bridgehead atoms. The normalized spacial score (nSPS) is 10.4. The summed E-state index contributed by atoms with van der Waals surface area (Å²) in [5.74, 6) is -0.853. The molecule has 1 N–H and O–H groups in total. The summed E-state index contributed by atoms with van der Waals surface area (Å²) in [5, 5.41) is 8.23. The summed E-state index contributed by atoms with van der Waals surface area (Å²) >= 11 is 1.40. The largest absolute Gasteiger partial charge is 0.452 e. The highest BCUT2D eigenvalue weighted by molar-refractivity contribution is 7.08. The number of carbonyl (C=O) groups is 2. The molecule has 0 radical (unpaired) electrons. The molecule has 0 atom stereocenters. The Kier molecular flexibility index (Phi) is 4.16. The molecular formula is C17H13NO3S. The molecule has 4 nitrogen and oxygen atoms in total. The highest BCUT2D eigenvalue weighted by Gasteiger charge is 2.11. The van der Waals surface area contributed by atoms with E-state index >= 15 is 0 Å². The van der Waals surface area contributed by atoms with Crippen molar-refractivity contribution >= 4 is 39.7 Å². The van der Waals surface area contributed by atoms with Crippen LogP contribution in [0.4, 0.5) is 5.69 Å². The molecule has 0 saturated heterocycles. The molecule has 5 heteroatoms. The average molecular weight is 311 g/mol. The zero-order valence-corrected chi connectivity index (χ0v) is 12.4. The van der Waals surface area contributed by atoms with Gasteiger partial charge in [-0.3, -0.25) is 4.79 Å². The summed E-state index contributed by atoms with van der Waals surface area (Å²) in [5.41, 5.74) is 1.16. The van der Waals surface area contributed by atoms with Crippen LogP contribution in [0.3, 0.4) is 0 Å². The molecule has 3 aromatic rings. The fraction of sp³-hybridized carbons (Fsp3) is 0.0588. The van der Waals surface area contributed by atoms with Crippen molar-refractivity contribution < 1.29 is 14.3 Å². The minimum absolute atomic E-state index is 0.308. The number of anilines is 1. The van der Waals surface area contributed by atoms with Crippen LogP contribution in [-0.2, 0) is 9.53 Å². The number of amides is 1. The molecule has 3 rings (SSSR count). The van der Waals surface area contributed by atoms with E-state index in [1.807, 2.05) is 42.5 Å². The fourth-order valence-electron chi connectivity index (χ4n) is 2.12. The highest BCUT2D eigenvalue weighted by atomic mass is 32.1. The quantitative estimate of drug-likeness (QED) is 0.748. The number of nitrogens with one attached hydrogen (secondary N) is 1. The van der Waals surface area contributed by atoms with Gasteiger partial charge in [0, 0.05) is 16.5 Å². The first-order valence-corrected chi connectivity index (χ1v) is 7.65. The minimum Gasteiger partial charge on any atom is -0.452 e. The number of carbonyl (C=O) groups excluding carboxylic acids is 2. The van der Waals surface area contributed by atoms with Gasteiger partial charge in [-0.15, -0.1) is 0 Å². The second-order valence-electron chi connectivity index (χ2n) is 4.66. The smallest absolute Gasteiger partial charge is 0.339 e. The van der Waals surface area contributed by atoms with Crippen LogP contribution in [0.2, 0.25) is 0 Å². The van der Waals surface area contributed by atoms with Crippen molar-refractivity contribution in [1.82, 2.24) is 0 Å². The molecule has 1 amide bonds. The molecular weight excluding hydrogens is 298 g/mol. The van der Waals surface area contributed by atoms with Crippen molar-refractivity contribution in [2.24, 2.45) is 0 Å². The molecule has 0 saturated carbocycles. The Balaban J connectivity index is 1.65. The van der Waals surface area contributed by atoms with Gasteiger partial charge in [0.15, 0.2) is 6.61 Å². The summed E-state index contributed by atoms with van der Waals surface area (Å²) in [6.45, 7) is -0.308. The average Bonchev–Trinajstić information content (AvgIpc) is 3.07. The SMILES string of the molecule is O=C(COC(=O)c1ccsc1)Nc1cccc2ccccc12. The first kappa shape index (κ1) is 14.3. The van der Waals surface area contributed by atoms with Crippen molar-refractivity contribution in [3.63, 3.8) is 0 Å². The third-order valence-corrected chi connectivity index (χ3v) is 3.84. The van der Waals surface area contributed by atoms with E-state index in [-0.39, 0.29) is 12.5 Å². The predicted octanol–water partition coefficient (Wildman–Crippen LogP) is 3.70. The van der Waals surface area contributed by atoms with E-state index in [0.717, 1.165) is 10.8 Å². The van der Waals surface area contributed by atoms with Crippen LogP contribution in [0.25, 0.3) is 10.8 Å². The van der Waals surface area contributed by atoms with Gasteiger partial charge in [0.25, 0.3) is 5.91 Å². The topological polar surface area (TPSA) is 55.4 Å². The fourth-order valence-corrected chi connectivity index (χ4v) is 2.74. The van der Waals surface area contributed by atoms with Crippen molar-refractivity contribution in [2.75, 3.05) is 11.9 Å². The lowest BCUT2D eigenvalue weighted by molar-refractivity contribution is -0.119. The molecule has 0 fully saturated rings. The predicted molar refractivity (Wildman–Crippen MR) is 87.2 cm³/mol. The zero-order valence-electron chi connectivity index (χ0n) is 11.6. The first-order chi connectivity index (χ1) is 10.7. The maximum Gasteiger partial charge on any atom is 0.339 e. The summed E-state index contributed by atoms with van der Waals surface area (Å²) < 4.78 is 4.99. The lowest BCUT2D eigenvalue weighted by Gasteiger charge is -2.09. The van der Waals surface area contributed by atoms with Crippen LogP contribution < -0.4 is 5.32 Å². The molecule has 2 aromatic carbocycles. The first-order valence-electron chi connectivity index (χ1n) is 6.71. The maximum atomic E-state index is 11.9. The van der Waals surface area contributed by atoms with Gasteiger partial charge in [0.2, 0.25) is 0 Å². The van der Waals surface area contributed by atoms with Gasteiger partial charge in [-0.25, -0.2) is 4.79 Å². The summed E-state index contributed by atoms with van der Waals surface area (Å²) in [6.07, 6.45) is 0.